The Morgan fingerprint density at radius 1 is 1.23 bits per heavy atom. The SMILES string of the molecule is C[C@H]1C[C@@H](O)C[C@@H]2CCCC[C@]21C. The van der Waals surface area contributed by atoms with E-state index in [9.17, 15) is 5.11 Å². The van der Waals surface area contributed by atoms with Gasteiger partial charge in [-0.05, 0) is 42.9 Å². The molecule has 13 heavy (non-hydrogen) atoms. The van der Waals surface area contributed by atoms with Crippen LogP contribution in [0.15, 0.2) is 0 Å². The summed E-state index contributed by atoms with van der Waals surface area (Å²) in [4.78, 5) is 0. The lowest BCUT2D eigenvalue weighted by Gasteiger charge is -2.51. The largest absolute Gasteiger partial charge is 0.393 e. The fourth-order valence-corrected chi connectivity index (χ4v) is 3.57. The number of aliphatic hydroxyl groups excluding tert-OH is 1. The van der Waals surface area contributed by atoms with Gasteiger partial charge >= 0.3 is 0 Å². The van der Waals surface area contributed by atoms with Crippen molar-refractivity contribution in [2.45, 2.75) is 58.5 Å². The normalized spacial score (nSPS) is 51.5. The third-order valence-corrected chi connectivity index (χ3v) is 4.76. The second-order valence-corrected chi connectivity index (χ2v) is 5.47. The second-order valence-electron chi connectivity index (χ2n) is 5.47. The Labute approximate surface area is 81.5 Å². The minimum Gasteiger partial charge on any atom is -0.393 e. The van der Waals surface area contributed by atoms with E-state index < -0.39 is 0 Å². The Hall–Kier alpha value is -0.0400. The van der Waals surface area contributed by atoms with Crippen molar-refractivity contribution >= 4 is 0 Å². The van der Waals surface area contributed by atoms with Gasteiger partial charge in [0.1, 0.15) is 0 Å². The lowest BCUT2D eigenvalue weighted by Crippen LogP contribution is -2.44. The van der Waals surface area contributed by atoms with Crippen molar-refractivity contribution in [3.8, 4) is 0 Å². The fourth-order valence-electron chi connectivity index (χ4n) is 3.57. The molecule has 0 heterocycles. The van der Waals surface area contributed by atoms with Crippen LogP contribution < -0.4 is 0 Å². The molecule has 2 aliphatic carbocycles. The van der Waals surface area contributed by atoms with Crippen molar-refractivity contribution in [3.63, 3.8) is 0 Å². The van der Waals surface area contributed by atoms with Crippen molar-refractivity contribution in [1.29, 1.82) is 0 Å². The summed E-state index contributed by atoms with van der Waals surface area (Å²) in [6, 6.07) is 0. The molecule has 0 bridgehead atoms. The third-order valence-electron chi connectivity index (χ3n) is 4.76. The van der Waals surface area contributed by atoms with Gasteiger partial charge in [-0.25, -0.2) is 0 Å². The first-order chi connectivity index (χ1) is 6.13. The average molecular weight is 182 g/mol. The highest BCUT2D eigenvalue weighted by Gasteiger charge is 2.45. The van der Waals surface area contributed by atoms with Crippen LogP contribution >= 0.6 is 0 Å². The molecule has 0 aromatic rings. The summed E-state index contributed by atoms with van der Waals surface area (Å²) in [6.07, 6.45) is 7.65. The van der Waals surface area contributed by atoms with E-state index in [0.29, 0.717) is 5.41 Å². The summed E-state index contributed by atoms with van der Waals surface area (Å²) in [5, 5.41) is 9.73. The molecule has 2 aliphatic rings. The van der Waals surface area contributed by atoms with Crippen LogP contribution in [0.3, 0.4) is 0 Å². The van der Waals surface area contributed by atoms with Crippen molar-refractivity contribution in [1.82, 2.24) is 0 Å². The summed E-state index contributed by atoms with van der Waals surface area (Å²) in [5.41, 5.74) is 0.553. The predicted molar refractivity (Wildman–Crippen MR) is 54.5 cm³/mol. The minimum absolute atomic E-state index is 0.00817. The maximum absolute atomic E-state index is 9.73. The second kappa shape index (κ2) is 3.27. The standard InChI is InChI=1S/C12H22O/c1-9-7-11(13)8-10-5-3-4-6-12(9,10)2/h9-11,13H,3-8H2,1-2H3/t9-,10-,11+,12-/m0/s1. The number of fused-ring (bicyclic) bond motifs is 1. The van der Waals surface area contributed by atoms with Gasteiger partial charge in [0, 0.05) is 0 Å². The van der Waals surface area contributed by atoms with Crippen LogP contribution in [0.1, 0.15) is 52.4 Å². The first-order valence-electron chi connectivity index (χ1n) is 5.81. The van der Waals surface area contributed by atoms with E-state index in [1.165, 1.54) is 25.7 Å². The minimum atomic E-state index is -0.00817. The van der Waals surface area contributed by atoms with Gasteiger partial charge in [0.15, 0.2) is 0 Å². The highest BCUT2D eigenvalue weighted by Crippen LogP contribution is 2.52. The molecule has 0 spiro atoms. The molecule has 0 aliphatic heterocycles. The smallest absolute Gasteiger partial charge is 0.0545 e. The van der Waals surface area contributed by atoms with Crippen LogP contribution in [0.25, 0.3) is 0 Å². The predicted octanol–water partition coefficient (Wildman–Crippen LogP) is 2.97. The number of aliphatic hydroxyl groups is 1. The molecule has 2 saturated carbocycles. The van der Waals surface area contributed by atoms with Gasteiger partial charge in [0.2, 0.25) is 0 Å². The average Bonchev–Trinajstić information content (AvgIpc) is 2.07. The molecule has 0 aromatic heterocycles. The molecular formula is C12H22O. The van der Waals surface area contributed by atoms with E-state index in [1.807, 2.05) is 0 Å². The van der Waals surface area contributed by atoms with Crippen LogP contribution in [0.5, 0.6) is 0 Å². The van der Waals surface area contributed by atoms with Gasteiger partial charge in [-0.15, -0.1) is 0 Å². The van der Waals surface area contributed by atoms with Gasteiger partial charge in [0.05, 0.1) is 6.10 Å². The Morgan fingerprint density at radius 3 is 2.77 bits per heavy atom. The molecule has 0 unspecified atom stereocenters. The molecule has 1 heteroatoms. The molecule has 1 N–H and O–H groups in total. The van der Waals surface area contributed by atoms with E-state index in [4.69, 9.17) is 0 Å². The van der Waals surface area contributed by atoms with Crippen molar-refractivity contribution in [2.24, 2.45) is 17.3 Å². The van der Waals surface area contributed by atoms with E-state index >= 15 is 0 Å². The summed E-state index contributed by atoms with van der Waals surface area (Å²) in [7, 11) is 0. The van der Waals surface area contributed by atoms with Crippen LogP contribution in [0.4, 0.5) is 0 Å². The third kappa shape index (κ3) is 1.52. The van der Waals surface area contributed by atoms with E-state index in [-0.39, 0.29) is 6.10 Å². The molecule has 0 radical (unpaired) electrons. The first-order valence-corrected chi connectivity index (χ1v) is 5.81. The molecule has 76 valence electrons. The van der Waals surface area contributed by atoms with Gasteiger partial charge in [-0.2, -0.15) is 0 Å². The Bertz CT molecular complexity index is 190. The van der Waals surface area contributed by atoms with Gasteiger partial charge in [-0.3, -0.25) is 0 Å². The molecule has 1 nitrogen and oxygen atoms in total. The maximum atomic E-state index is 9.73. The van der Waals surface area contributed by atoms with Crippen LogP contribution in [-0.4, -0.2) is 11.2 Å². The highest BCUT2D eigenvalue weighted by molar-refractivity contribution is 4.95. The van der Waals surface area contributed by atoms with E-state index in [1.54, 1.807) is 0 Å². The monoisotopic (exact) mass is 182 g/mol. The van der Waals surface area contributed by atoms with Crippen molar-refractivity contribution < 1.29 is 5.11 Å². The van der Waals surface area contributed by atoms with Gasteiger partial charge in [-0.1, -0.05) is 26.7 Å². The van der Waals surface area contributed by atoms with Gasteiger partial charge < -0.3 is 5.11 Å². The molecule has 0 saturated heterocycles. The maximum Gasteiger partial charge on any atom is 0.0545 e. The van der Waals surface area contributed by atoms with Crippen molar-refractivity contribution in [2.75, 3.05) is 0 Å². The van der Waals surface area contributed by atoms with E-state index in [0.717, 1.165) is 24.7 Å². The Morgan fingerprint density at radius 2 is 2.00 bits per heavy atom. The molecule has 2 rings (SSSR count). The van der Waals surface area contributed by atoms with Crippen LogP contribution in [0.2, 0.25) is 0 Å². The zero-order valence-corrected chi connectivity index (χ0v) is 8.92. The lowest BCUT2D eigenvalue weighted by atomic mass is 9.55. The Balaban J connectivity index is 2.15. The number of rotatable bonds is 0. The van der Waals surface area contributed by atoms with Gasteiger partial charge in [0.25, 0.3) is 0 Å². The van der Waals surface area contributed by atoms with Crippen LogP contribution in [-0.2, 0) is 0 Å². The number of hydrogen-bond acceptors (Lipinski definition) is 1. The van der Waals surface area contributed by atoms with Crippen molar-refractivity contribution in [3.05, 3.63) is 0 Å². The molecule has 0 aromatic carbocycles. The summed E-state index contributed by atoms with van der Waals surface area (Å²) < 4.78 is 0. The molecule has 0 amide bonds. The quantitative estimate of drug-likeness (QED) is 0.610. The van der Waals surface area contributed by atoms with E-state index in [2.05, 4.69) is 13.8 Å². The first kappa shape index (κ1) is 9.51. The zero-order valence-electron chi connectivity index (χ0n) is 8.92. The molecule has 2 fully saturated rings. The molecular weight excluding hydrogens is 160 g/mol. The summed E-state index contributed by atoms with van der Waals surface area (Å²) in [5.74, 6) is 1.53. The summed E-state index contributed by atoms with van der Waals surface area (Å²) >= 11 is 0. The van der Waals surface area contributed by atoms with Crippen LogP contribution in [0, 0.1) is 17.3 Å². The number of hydrogen-bond donors (Lipinski definition) is 1. The highest BCUT2D eigenvalue weighted by atomic mass is 16.3. The fraction of sp³-hybridized carbons (Fsp3) is 1.00. The molecule has 4 atom stereocenters. The topological polar surface area (TPSA) is 20.2 Å². The lowest BCUT2D eigenvalue weighted by molar-refractivity contribution is -0.0495. The summed E-state index contributed by atoms with van der Waals surface area (Å²) in [6.45, 7) is 4.79. The zero-order chi connectivity index (χ0) is 9.47. The Kier molecular flexibility index (Phi) is 2.39.